The van der Waals surface area contributed by atoms with Crippen LogP contribution >= 0.6 is 0 Å². The Hall–Kier alpha value is -4.39. The highest BCUT2D eigenvalue weighted by Gasteiger charge is 2.21. The van der Waals surface area contributed by atoms with Gasteiger partial charge in [-0.3, -0.25) is 0 Å². The van der Waals surface area contributed by atoms with Crippen molar-refractivity contribution in [2.75, 3.05) is 6.61 Å². The number of phenolic OH excluding ortho intramolecular Hbond substituents is 3. The summed E-state index contributed by atoms with van der Waals surface area (Å²) in [5, 5.41) is 34.8. The first-order chi connectivity index (χ1) is 17.5. The quantitative estimate of drug-likeness (QED) is 0.169. The lowest BCUT2D eigenvalue weighted by Gasteiger charge is -2.14. The van der Waals surface area contributed by atoms with E-state index in [1.54, 1.807) is 0 Å². The zero-order valence-corrected chi connectivity index (χ0v) is 20.0. The Labute approximate surface area is 208 Å². The van der Waals surface area contributed by atoms with E-state index in [0.717, 1.165) is 64.9 Å². The topological polar surface area (TPSA) is 109 Å². The SMILES string of the molecule is CCCCCCOc1nc(-c2c(O)cc(O)cc2O)nc(-c2c3ccccc3cc3ccccc23)n1. The van der Waals surface area contributed by atoms with E-state index in [1.807, 2.05) is 48.5 Å². The maximum absolute atomic E-state index is 10.5. The average molecular weight is 482 g/mol. The average Bonchev–Trinajstić information content (AvgIpc) is 2.86. The summed E-state index contributed by atoms with van der Waals surface area (Å²) in [6.45, 7) is 2.59. The Morgan fingerprint density at radius 1 is 0.667 bits per heavy atom. The molecule has 0 amide bonds. The molecule has 182 valence electrons. The summed E-state index contributed by atoms with van der Waals surface area (Å²) in [7, 11) is 0. The molecule has 0 saturated heterocycles. The van der Waals surface area contributed by atoms with Crippen molar-refractivity contribution in [2.45, 2.75) is 32.6 Å². The maximum atomic E-state index is 10.5. The van der Waals surface area contributed by atoms with Crippen molar-refractivity contribution >= 4 is 21.5 Å². The third-order valence-electron chi connectivity index (χ3n) is 6.14. The number of hydrogen-bond acceptors (Lipinski definition) is 7. The van der Waals surface area contributed by atoms with Gasteiger partial charge in [0.05, 0.1) is 6.61 Å². The van der Waals surface area contributed by atoms with Crippen LogP contribution in [0.2, 0.25) is 0 Å². The van der Waals surface area contributed by atoms with Gasteiger partial charge >= 0.3 is 6.01 Å². The Kier molecular flexibility index (Phi) is 6.54. The largest absolute Gasteiger partial charge is 0.508 e. The van der Waals surface area contributed by atoms with Crippen LogP contribution in [0.15, 0.2) is 66.7 Å². The molecule has 5 rings (SSSR count). The van der Waals surface area contributed by atoms with Crippen molar-refractivity contribution in [3.63, 3.8) is 0 Å². The van der Waals surface area contributed by atoms with E-state index in [0.29, 0.717) is 12.4 Å². The van der Waals surface area contributed by atoms with Crippen LogP contribution in [0.1, 0.15) is 32.6 Å². The molecule has 36 heavy (non-hydrogen) atoms. The molecule has 0 atom stereocenters. The van der Waals surface area contributed by atoms with Crippen LogP contribution in [0.4, 0.5) is 0 Å². The minimum absolute atomic E-state index is 0.00294. The lowest BCUT2D eigenvalue weighted by molar-refractivity contribution is 0.281. The molecule has 0 radical (unpaired) electrons. The fraction of sp³-hybridized carbons (Fsp3) is 0.207. The highest BCUT2D eigenvalue weighted by Crippen LogP contribution is 2.41. The molecular formula is C29H27N3O4. The van der Waals surface area contributed by atoms with Crippen molar-refractivity contribution in [1.82, 2.24) is 15.0 Å². The van der Waals surface area contributed by atoms with Crippen molar-refractivity contribution in [1.29, 1.82) is 0 Å². The number of fused-ring (bicyclic) bond motifs is 2. The third kappa shape index (κ3) is 4.60. The van der Waals surface area contributed by atoms with Crippen LogP contribution in [-0.2, 0) is 0 Å². The fourth-order valence-electron chi connectivity index (χ4n) is 4.42. The molecule has 1 heterocycles. The van der Waals surface area contributed by atoms with Gasteiger partial charge < -0.3 is 20.1 Å². The molecule has 0 aliphatic heterocycles. The van der Waals surface area contributed by atoms with Crippen molar-refractivity contribution in [2.24, 2.45) is 0 Å². The van der Waals surface area contributed by atoms with Crippen LogP contribution in [-0.4, -0.2) is 36.9 Å². The summed E-state index contributed by atoms with van der Waals surface area (Å²) in [4.78, 5) is 13.8. The standard InChI is InChI=1S/C29H27N3O4/c1-2-3-4-9-14-36-29-31-27(30-28(32-29)26-23(34)16-20(33)17-24(26)35)25-21-12-7-5-10-18(21)15-19-11-6-8-13-22(19)25/h5-8,10-13,15-17,33-35H,2-4,9,14H2,1H3. The van der Waals surface area contributed by atoms with Gasteiger partial charge in [0.25, 0.3) is 0 Å². The molecule has 0 aliphatic carbocycles. The number of phenols is 3. The lowest BCUT2D eigenvalue weighted by Crippen LogP contribution is -2.06. The zero-order valence-electron chi connectivity index (χ0n) is 20.0. The second-order valence-corrected chi connectivity index (χ2v) is 8.73. The molecule has 0 unspecified atom stereocenters. The fourth-order valence-corrected chi connectivity index (χ4v) is 4.42. The van der Waals surface area contributed by atoms with E-state index in [1.165, 1.54) is 0 Å². The van der Waals surface area contributed by atoms with E-state index < -0.39 is 0 Å². The Morgan fingerprint density at radius 2 is 1.25 bits per heavy atom. The molecule has 0 fully saturated rings. The second-order valence-electron chi connectivity index (χ2n) is 8.73. The minimum Gasteiger partial charge on any atom is -0.508 e. The van der Waals surface area contributed by atoms with Crippen LogP contribution in [0.25, 0.3) is 44.3 Å². The normalized spacial score (nSPS) is 11.2. The van der Waals surface area contributed by atoms with Gasteiger partial charge in [0.1, 0.15) is 22.8 Å². The van der Waals surface area contributed by atoms with Gasteiger partial charge in [0.2, 0.25) is 0 Å². The number of unbranched alkanes of at least 4 members (excludes halogenated alkanes) is 3. The number of rotatable bonds is 8. The van der Waals surface area contributed by atoms with Crippen LogP contribution in [0, 0.1) is 0 Å². The monoisotopic (exact) mass is 481 g/mol. The van der Waals surface area contributed by atoms with Crippen LogP contribution < -0.4 is 4.74 Å². The number of hydrogen-bond donors (Lipinski definition) is 3. The molecular weight excluding hydrogens is 454 g/mol. The molecule has 4 aromatic carbocycles. The van der Waals surface area contributed by atoms with Crippen molar-refractivity contribution in [3.8, 4) is 46.0 Å². The van der Waals surface area contributed by atoms with Gasteiger partial charge in [-0.2, -0.15) is 9.97 Å². The molecule has 3 N–H and O–H groups in total. The Morgan fingerprint density at radius 3 is 1.86 bits per heavy atom. The van der Waals surface area contributed by atoms with E-state index in [2.05, 4.69) is 27.9 Å². The summed E-state index contributed by atoms with van der Waals surface area (Å²) in [5.74, 6) is -0.544. The first-order valence-corrected chi connectivity index (χ1v) is 12.1. The molecule has 7 heteroatoms. The summed E-state index contributed by atoms with van der Waals surface area (Å²) >= 11 is 0. The van der Waals surface area contributed by atoms with Gasteiger partial charge in [-0.05, 0) is 34.0 Å². The van der Waals surface area contributed by atoms with E-state index in [4.69, 9.17) is 4.74 Å². The number of aromatic hydroxyl groups is 3. The summed E-state index contributed by atoms with van der Waals surface area (Å²) in [6, 6.07) is 20.5. The van der Waals surface area contributed by atoms with Crippen LogP contribution in [0.3, 0.4) is 0 Å². The minimum atomic E-state index is -0.346. The van der Waals surface area contributed by atoms with Gasteiger partial charge in [0.15, 0.2) is 11.6 Å². The molecule has 1 aromatic heterocycles. The van der Waals surface area contributed by atoms with Crippen molar-refractivity contribution < 1.29 is 20.1 Å². The Bertz CT molecular complexity index is 1470. The van der Waals surface area contributed by atoms with E-state index >= 15 is 0 Å². The molecule has 0 saturated carbocycles. The highest BCUT2D eigenvalue weighted by molar-refractivity contribution is 6.11. The molecule has 7 nitrogen and oxygen atoms in total. The number of nitrogens with zero attached hydrogens (tertiary/aromatic N) is 3. The van der Waals surface area contributed by atoms with E-state index in [9.17, 15) is 15.3 Å². The zero-order chi connectivity index (χ0) is 25.1. The molecule has 0 spiro atoms. The van der Waals surface area contributed by atoms with Gasteiger partial charge in [0, 0.05) is 17.7 Å². The highest BCUT2D eigenvalue weighted by atomic mass is 16.5. The predicted molar refractivity (Wildman–Crippen MR) is 140 cm³/mol. The first-order valence-electron chi connectivity index (χ1n) is 12.1. The Balaban J connectivity index is 1.72. The van der Waals surface area contributed by atoms with Gasteiger partial charge in [-0.1, -0.05) is 74.7 Å². The van der Waals surface area contributed by atoms with Gasteiger partial charge in [-0.15, -0.1) is 0 Å². The summed E-state index contributed by atoms with van der Waals surface area (Å²) < 4.78 is 5.93. The van der Waals surface area contributed by atoms with Gasteiger partial charge in [-0.25, -0.2) is 4.98 Å². The summed E-state index contributed by atoms with van der Waals surface area (Å²) in [6.07, 6.45) is 4.13. The molecule has 0 bridgehead atoms. The molecule has 5 aromatic rings. The van der Waals surface area contributed by atoms with Crippen molar-refractivity contribution in [3.05, 3.63) is 66.7 Å². The third-order valence-corrected chi connectivity index (χ3v) is 6.14. The first kappa shape index (κ1) is 23.4. The van der Waals surface area contributed by atoms with E-state index in [-0.39, 0.29) is 34.6 Å². The number of aromatic nitrogens is 3. The maximum Gasteiger partial charge on any atom is 0.320 e. The molecule has 0 aliphatic rings. The lowest BCUT2D eigenvalue weighted by atomic mass is 9.96. The summed E-state index contributed by atoms with van der Waals surface area (Å²) in [5.41, 5.74) is 0.803. The number of benzene rings is 4. The smallest absolute Gasteiger partial charge is 0.320 e. The predicted octanol–water partition coefficient (Wildman–Crippen LogP) is 6.59. The second kappa shape index (κ2) is 10.1. The van der Waals surface area contributed by atoms with Crippen LogP contribution in [0.5, 0.6) is 23.3 Å². The number of ether oxygens (including phenoxy) is 1.